The minimum absolute atomic E-state index is 0.609. The van der Waals surface area contributed by atoms with Crippen LogP contribution in [0.4, 0.5) is 5.82 Å². The van der Waals surface area contributed by atoms with E-state index in [1.165, 1.54) is 31.4 Å². The highest BCUT2D eigenvalue weighted by molar-refractivity contribution is 5.57. The van der Waals surface area contributed by atoms with E-state index in [0.717, 1.165) is 17.2 Å². The lowest BCUT2D eigenvalue weighted by Gasteiger charge is -2.12. The van der Waals surface area contributed by atoms with E-state index in [4.69, 9.17) is 4.98 Å². The predicted molar refractivity (Wildman–Crippen MR) is 78.2 cm³/mol. The first-order chi connectivity index (χ1) is 9.36. The molecule has 3 nitrogen and oxygen atoms in total. The van der Waals surface area contributed by atoms with Crippen LogP contribution in [-0.2, 0) is 0 Å². The van der Waals surface area contributed by atoms with Crippen molar-refractivity contribution in [2.24, 2.45) is 0 Å². The Balaban J connectivity index is 2.02. The van der Waals surface area contributed by atoms with E-state index in [1.807, 2.05) is 25.2 Å². The van der Waals surface area contributed by atoms with E-state index < -0.39 is 0 Å². The fourth-order valence-electron chi connectivity index (χ4n) is 2.74. The summed E-state index contributed by atoms with van der Waals surface area (Å²) in [7, 11) is 1.91. The van der Waals surface area contributed by atoms with E-state index in [9.17, 15) is 0 Å². The molecule has 19 heavy (non-hydrogen) atoms. The molecule has 0 bridgehead atoms. The monoisotopic (exact) mass is 253 g/mol. The highest BCUT2D eigenvalue weighted by Gasteiger charge is 2.20. The Kier molecular flexibility index (Phi) is 3.45. The Bertz CT molecular complexity index is 545. The summed E-state index contributed by atoms with van der Waals surface area (Å²) in [5.74, 6) is 2.35. The number of benzene rings is 1. The number of aromatic nitrogens is 2. The lowest BCUT2D eigenvalue weighted by molar-refractivity contribution is 0.696. The van der Waals surface area contributed by atoms with E-state index in [1.54, 1.807) is 0 Å². The smallest absolute Gasteiger partial charge is 0.161 e. The molecule has 0 atom stereocenters. The van der Waals surface area contributed by atoms with E-state index >= 15 is 0 Å². The van der Waals surface area contributed by atoms with Gasteiger partial charge in [0.15, 0.2) is 5.82 Å². The quantitative estimate of drug-likeness (QED) is 0.903. The van der Waals surface area contributed by atoms with Gasteiger partial charge in [-0.05, 0) is 12.8 Å². The second kappa shape index (κ2) is 5.39. The van der Waals surface area contributed by atoms with Crippen molar-refractivity contribution in [2.75, 3.05) is 12.4 Å². The lowest BCUT2D eigenvalue weighted by atomic mass is 10.0. The van der Waals surface area contributed by atoms with Crippen LogP contribution in [0.1, 0.15) is 37.3 Å². The summed E-state index contributed by atoms with van der Waals surface area (Å²) in [6.45, 7) is 0. The summed E-state index contributed by atoms with van der Waals surface area (Å²) in [6.07, 6.45) is 5.16. The minimum atomic E-state index is 0.609. The average molecular weight is 253 g/mol. The first-order valence-corrected chi connectivity index (χ1v) is 6.99. The van der Waals surface area contributed by atoms with Crippen LogP contribution in [0.2, 0.25) is 0 Å². The molecule has 1 aliphatic carbocycles. The van der Waals surface area contributed by atoms with Crippen molar-refractivity contribution in [1.82, 2.24) is 9.97 Å². The van der Waals surface area contributed by atoms with Gasteiger partial charge in [-0.2, -0.15) is 0 Å². The Morgan fingerprint density at radius 1 is 1.05 bits per heavy atom. The maximum absolute atomic E-state index is 4.78. The fourth-order valence-corrected chi connectivity index (χ4v) is 2.74. The van der Waals surface area contributed by atoms with Crippen molar-refractivity contribution < 1.29 is 0 Å². The van der Waals surface area contributed by atoms with E-state index in [-0.39, 0.29) is 0 Å². The molecule has 0 spiro atoms. The summed E-state index contributed by atoms with van der Waals surface area (Å²) in [5, 5.41) is 3.15. The summed E-state index contributed by atoms with van der Waals surface area (Å²) < 4.78 is 0. The molecule has 1 aromatic carbocycles. The topological polar surface area (TPSA) is 37.8 Å². The molecule has 1 N–H and O–H groups in total. The largest absolute Gasteiger partial charge is 0.373 e. The zero-order valence-electron chi connectivity index (χ0n) is 11.3. The van der Waals surface area contributed by atoms with Gasteiger partial charge in [0.1, 0.15) is 5.82 Å². The van der Waals surface area contributed by atoms with Crippen LogP contribution in [0.3, 0.4) is 0 Å². The molecule has 3 heteroatoms. The van der Waals surface area contributed by atoms with E-state index in [2.05, 4.69) is 28.5 Å². The van der Waals surface area contributed by atoms with Gasteiger partial charge in [0.05, 0.1) is 0 Å². The molecular formula is C16H19N3. The van der Waals surface area contributed by atoms with Crippen molar-refractivity contribution in [3.05, 3.63) is 42.1 Å². The third-order valence-corrected chi connectivity index (χ3v) is 3.81. The molecule has 1 saturated carbocycles. The summed E-state index contributed by atoms with van der Waals surface area (Å²) in [6, 6.07) is 12.3. The van der Waals surface area contributed by atoms with Gasteiger partial charge in [0, 0.05) is 30.3 Å². The van der Waals surface area contributed by atoms with Gasteiger partial charge in [-0.3, -0.25) is 0 Å². The SMILES string of the molecule is CNc1cc(C2CCCC2)nc(-c2ccccc2)n1. The number of hydrogen-bond donors (Lipinski definition) is 1. The molecule has 98 valence electrons. The zero-order valence-corrected chi connectivity index (χ0v) is 11.3. The van der Waals surface area contributed by atoms with Crippen molar-refractivity contribution >= 4 is 5.82 Å². The maximum atomic E-state index is 4.78. The Morgan fingerprint density at radius 2 is 1.79 bits per heavy atom. The first-order valence-electron chi connectivity index (χ1n) is 6.99. The van der Waals surface area contributed by atoms with Crippen LogP contribution < -0.4 is 5.32 Å². The predicted octanol–water partition coefficient (Wildman–Crippen LogP) is 3.84. The van der Waals surface area contributed by atoms with Crippen LogP contribution in [0.5, 0.6) is 0 Å². The van der Waals surface area contributed by atoms with Crippen LogP contribution >= 0.6 is 0 Å². The zero-order chi connectivity index (χ0) is 13.1. The maximum Gasteiger partial charge on any atom is 0.161 e. The number of nitrogens with one attached hydrogen (secondary N) is 1. The Labute approximate surface area is 114 Å². The highest BCUT2D eigenvalue weighted by Crippen LogP contribution is 2.34. The summed E-state index contributed by atoms with van der Waals surface area (Å²) in [4.78, 5) is 9.35. The van der Waals surface area contributed by atoms with Crippen molar-refractivity contribution in [2.45, 2.75) is 31.6 Å². The number of rotatable bonds is 3. The van der Waals surface area contributed by atoms with Crippen LogP contribution in [-0.4, -0.2) is 17.0 Å². The number of anilines is 1. The molecule has 0 aliphatic heterocycles. The number of hydrogen-bond acceptors (Lipinski definition) is 3. The molecule has 2 aromatic rings. The fraction of sp³-hybridized carbons (Fsp3) is 0.375. The summed E-state index contributed by atoms with van der Waals surface area (Å²) in [5.41, 5.74) is 2.27. The van der Waals surface area contributed by atoms with Gasteiger partial charge in [-0.1, -0.05) is 43.2 Å². The molecule has 1 aliphatic rings. The Morgan fingerprint density at radius 3 is 2.47 bits per heavy atom. The van der Waals surface area contributed by atoms with Gasteiger partial charge in [0.25, 0.3) is 0 Å². The molecule has 1 fully saturated rings. The van der Waals surface area contributed by atoms with Gasteiger partial charge >= 0.3 is 0 Å². The van der Waals surface area contributed by atoms with Crippen LogP contribution in [0.15, 0.2) is 36.4 Å². The lowest BCUT2D eigenvalue weighted by Crippen LogP contribution is -2.03. The summed E-state index contributed by atoms with van der Waals surface area (Å²) >= 11 is 0. The molecule has 3 rings (SSSR count). The van der Waals surface area contributed by atoms with Crippen molar-refractivity contribution in [3.8, 4) is 11.4 Å². The van der Waals surface area contributed by atoms with Crippen molar-refractivity contribution in [1.29, 1.82) is 0 Å². The van der Waals surface area contributed by atoms with Crippen LogP contribution in [0.25, 0.3) is 11.4 Å². The first kappa shape index (κ1) is 12.2. The molecular weight excluding hydrogens is 234 g/mol. The average Bonchev–Trinajstić information content (AvgIpc) is 3.02. The molecule has 0 saturated heterocycles. The second-order valence-electron chi connectivity index (χ2n) is 5.10. The molecule has 0 amide bonds. The van der Waals surface area contributed by atoms with Gasteiger partial charge in [-0.15, -0.1) is 0 Å². The van der Waals surface area contributed by atoms with Gasteiger partial charge < -0.3 is 5.32 Å². The highest BCUT2D eigenvalue weighted by atomic mass is 15.0. The molecule has 0 unspecified atom stereocenters. The van der Waals surface area contributed by atoms with Crippen molar-refractivity contribution in [3.63, 3.8) is 0 Å². The standard InChI is InChI=1S/C16H19N3/c1-17-15-11-14(12-7-5-6-8-12)18-16(19-15)13-9-3-2-4-10-13/h2-4,9-12H,5-8H2,1H3,(H,17,18,19). The molecule has 1 aromatic heterocycles. The van der Waals surface area contributed by atoms with Gasteiger partial charge in [0.2, 0.25) is 0 Å². The third-order valence-electron chi connectivity index (χ3n) is 3.81. The molecule has 1 heterocycles. The minimum Gasteiger partial charge on any atom is -0.373 e. The second-order valence-corrected chi connectivity index (χ2v) is 5.10. The normalized spacial score (nSPS) is 15.6. The van der Waals surface area contributed by atoms with Gasteiger partial charge in [-0.25, -0.2) is 9.97 Å². The third kappa shape index (κ3) is 2.60. The Hall–Kier alpha value is -1.90. The van der Waals surface area contributed by atoms with Crippen LogP contribution in [0, 0.1) is 0 Å². The molecule has 0 radical (unpaired) electrons. The number of nitrogens with zero attached hydrogens (tertiary/aromatic N) is 2. The van der Waals surface area contributed by atoms with E-state index in [0.29, 0.717) is 5.92 Å².